The van der Waals surface area contributed by atoms with Crippen molar-refractivity contribution in [3.63, 3.8) is 0 Å². The van der Waals surface area contributed by atoms with Gasteiger partial charge in [0.05, 0.1) is 13.4 Å². The molecule has 2 rings (SSSR count). The van der Waals surface area contributed by atoms with Gasteiger partial charge in [0.1, 0.15) is 5.58 Å². The summed E-state index contributed by atoms with van der Waals surface area (Å²) in [5.41, 5.74) is 4.58. The van der Waals surface area contributed by atoms with Crippen LogP contribution in [0.5, 0.6) is 0 Å². The summed E-state index contributed by atoms with van der Waals surface area (Å²) in [6.07, 6.45) is 1.65. The molecule has 74 valence electrons. The second-order valence-electron chi connectivity index (χ2n) is 2.88. The van der Waals surface area contributed by atoms with Crippen LogP contribution in [0.4, 0.5) is 0 Å². The first-order chi connectivity index (χ1) is 6.83. The van der Waals surface area contributed by atoms with Crippen molar-refractivity contribution in [1.82, 2.24) is 5.48 Å². The molecule has 0 unspecified atom stereocenters. The largest absolute Gasteiger partial charge is 0.464 e. The summed E-state index contributed by atoms with van der Waals surface area (Å²) in [6.45, 7) is 0.562. The minimum atomic E-state index is 0.562. The van der Waals surface area contributed by atoms with Gasteiger partial charge in [0.15, 0.2) is 0 Å². The van der Waals surface area contributed by atoms with Crippen molar-refractivity contribution >= 4 is 22.6 Å². The molecule has 0 aliphatic heterocycles. The Bertz CT molecular complexity index is 439. The molecule has 1 aromatic carbocycles. The first-order valence-electron chi connectivity index (χ1n) is 4.23. The van der Waals surface area contributed by atoms with Crippen molar-refractivity contribution in [2.24, 2.45) is 0 Å². The fourth-order valence-electron chi connectivity index (χ4n) is 1.40. The highest BCUT2D eigenvalue weighted by Gasteiger charge is 2.07. The number of halogens is 1. The molecule has 4 heteroatoms. The van der Waals surface area contributed by atoms with Crippen LogP contribution in [0.3, 0.4) is 0 Å². The highest BCUT2D eigenvalue weighted by Crippen LogP contribution is 2.26. The van der Waals surface area contributed by atoms with Gasteiger partial charge in [-0.3, -0.25) is 0 Å². The quantitative estimate of drug-likeness (QED) is 0.793. The van der Waals surface area contributed by atoms with E-state index in [0.717, 1.165) is 16.5 Å². The van der Waals surface area contributed by atoms with E-state index in [2.05, 4.69) is 5.48 Å². The van der Waals surface area contributed by atoms with E-state index in [-0.39, 0.29) is 0 Å². The Morgan fingerprint density at radius 3 is 3.07 bits per heavy atom. The third-order valence-corrected chi connectivity index (χ3v) is 2.44. The minimum absolute atomic E-state index is 0.562. The fraction of sp³-hybridized carbons (Fsp3) is 0.200. The average molecular weight is 212 g/mol. The van der Waals surface area contributed by atoms with Crippen LogP contribution in [0.15, 0.2) is 28.9 Å². The molecule has 0 saturated carbocycles. The second-order valence-corrected chi connectivity index (χ2v) is 3.29. The Morgan fingerprint density at radius 1 is 1.43 bits per heavy atom. The number of rotatable bonds is 3. The highest BCUT2D eigenvalue weighted by atomic mass is 35.5. The Morgan fingerprint density at radius 2 is 2.29 bits per heavy atom. The number of nitrogens with one attached hydrogen (secondary N) is 1. The number of furan rings is 1. The molecule has 0 spiro atoms. The highest BCUT2D eigenvalue weighted by molar-refractivity contribution is 6.32. The molecule has 0 radical (unpaired) electrons. The minimum Gasteiger partial charge on any atom is -0.464 e. The van der Waals surface area contributed by atoms with E-state index in [4.69, 9.17) is 20.9 Å². The summed E-state index contributed by atoms with van der Waals surface area (Å²) in [5.74, 6) is 0. The molecular formula is C10H10ClNO2. The smallest absolute Gasteiger partial charge is 0.134 e. The SMILES string of the molecule is CONCc1c(Cl)ccc2occc12. The van der Waals surface area contributed by atoms with Crippen molar-refractivity contribution in [3.05, 3.63) is 35.0 Å². The lowest BCUT2D eigenvalue weighted by molar-refractivity contribution is 0.0870. The lowest BCUT2D eigenvalue weighted by Crippen LogP contribution is -2.11. The molecule has 0 amide bonds. The van der Waals surface area contributed by atoms with Crippen LogP contribution >= 0.6 is 11.6 Å². The van der Waals surface area contributed by atoms with Crippen molar-refractivity contribution in [2.45, 2.75) is 6.54 Å². The summed E-state index contributed by atoms with van der Waals surface area (Å²) in [4.78, 5) is 4.79. The Balaban J connectivity index is 2.47. The van der Waals surface area contributed by atoms with Crippen LogP contribution < -0.4 is 5.48 Å². The van der Waals surface area contributed by atoms with E-state index < -0.39 is 0 Å². The number of hydrogen-bond acceptors (Lipinski definition) is 3. The van der Waals surface area contributed by atoms with E-state index >= 15 is 0 Å². The van der Waals surface area contributed by atoms with Gasteiger partial charge >= 0.3 is 0 Å². The van der Waals surface area contributed by atoms with Gasteiger partial charge in [-0.25, -0.2) is 0 Å². The Labute approximate surface area is 86.6 Å². The van der Waals surface area contributed by atoms with Crippen LogP contribution in [0.25, 0.3) is 11.0 Å². The molecule has 0 bridgehead atoms. The molecule has 1 aromatic heterocycles. The van der Waals surface area contributed by atoms with Gasteiger partial charge in [0.2, 0.25) is 0 Å². The number of hydroxylamine groups is 1. The zero-order valence-corrected chi connectivity index (χ0v) is 8.47. The van der Waals surface area contributed by atoms with Gasteiger partial charge in [0, 0.05) is 17.0 Å². The van der Waals surface area contributed by atoms with Crippen molar-refractivity contribution in [2.75, 3.05) is 7.11 Å². The van der Waals surface area contributed by atoms with Gasteiger partial charge in [-0.15, -0.1) is 0 Å². The molecule has 3 nitrogen and oxygen atoms in total. The molecule has 0 atom stereocenters. The van der Waals surface area contributed by atoms with E-state index in [1.165, 1.54) is 0 Å². The molecule has 0 aliphatic rings. The summed E-state index contributed by atoms with van der Waals surface area (Å²) >= 11 is 6.06. The maximum absolute atomic E-state index is 6.06. The van der Waals surface area contributed by atoms with E-state index in [9.17, 15) is 0 Å². The predicted octanol–water partition coefficient (Wildman–Crippen LogP) is 2.74. The lowest BCUT2D eigenvalue weighted by atomic mass is 10.1. The van der Waals surface area contributed by atoms with Crippen LogP contribution in [-0.4, -0.2) is 7.11 Å². The molecule has 0 fully saturated rings. The molecular weight excluding hydrogens is 202 g/mol. The zero-order chi connectivity index (χ0) is 9.97. The predicted molar refractivity (Wildman–Crippen MR) is 55.1 cm³/mol. The third-order valence-electron chi connectivity index (χ3n) is 2.08. The summed E-state index contributed by atoms with van der Waals surface area (Å²) in [5, 5.41) is 1.73. The molecule has 0 aliphatic carbocycles. The standard InChI is InChI=1S/C10H10ClNO2/c1-13-12-6-8-7-4-5-14-10(7)3-2-9(8)11/h2-5,12H,6H2,1H3. The van der Waals surface area contributed by atoms with Crippen LogP contribution in [-0.2, 0) is 11.4 Å². The number of hydrogen-bond donors (Lipinski definition) is 1. The van der Waals surface area contributed by atoms with Gasteiger partial charge < -0.3 is 9.25 Å². The molecule has 0 saturated heterocycles. The van der Waals surface area contributed by atoms with Crippen LogP contribution in [0.2, 0.25) is 5.02 Å². The maximum Gasteiger partial charge on any atom is 0.134 e. The van der Waals surface area contributed by atoms with Crippen LogP contribution in [0, 0.1) is 0 Å². The van der Waals surface area contributed by atoms with Gasteiger partial charge in [0.25, 0.3) is 0 Å². The normalized spacial score (nSPS) is 11.0. The summed E-state index contributed by atoms with van der Waals surface area (Å²) in [6, 6.07) is 5.57. The summed E-state index contributed by atoms with van der Waals surface area (Å²) < 4.78 is 5.27. The van der Waals surface area contributed by atoms with Crippen molar-refractivity contribution in [3.8, 4) is 0 Å². The van der Waals surface area contributed by atoms with Gasteiger partial charge in [-0.1, -0.05) is 11.6 Å². The molecule has 1 heterocycles. The Kier molecular flexibility index (Phi) is 2.72. The number of fused-ring (bicyclic) bond motifs is 1. The molecule has 14 heavy (non-hydrogen) atoms. The van der Waals surface area contributed by atoms with Gasteiger partial charge in [-0.05, 0) is 23.8 Å². The summed E-state index contributed by atoms with van der Waals surface area (Å²) in [7, 11) is 1.57. The van der Waals surface area contributed by atoms with Crippen LogP contribution in [0.1, 0.15) is 5.56 Å². The lowest BCUT2D eigenvalue weighted by Gasteiger charge is -2.05. The van der Waals surface area contributed by atoms with Crippen molar-refractivity contribution < 1.29 is 9.25 Å². The second kappa shape index (κ2) is 4.00. The van der Waals surface area contributed by atoms with E-state index in [0.29, 0.717) is 11.6 Å². The van der Waals surface area contributed by atoms with Gasteiger partial charge in [-0.2, -0.15) is 5.48 Å². The first kappa shape index (κ1) is 9.52. The monoisotopic (exact) mass is 211 g/mol. The topological polar surface area (TPSA) is 34.4 Å². The van der Waals surface area contributed by atoms with Crippen molar-refractivity contribution in [1.29, 1.82) is 0 Å². The Hall–Kier alpha value is -1.03. The van der Waals surface area contributed by atoms with E-state index in [1.54, 1.807) is 13.4 Å². The third kappa shape index (κ3) is 1.62. The molecule has 2 aromatic rings. The fourth-order valence-corrected chi connectivity index (χ4v) is 1.63. The maximum atomic E-state index is 6.06. The van der Waals surface area contributed by atoms with E-state index in [1.807, 2.05) is 18.2 Å². The average Bonchev–Trinajstić information content (AvgIpc) is 2.64. The number of benzene rings is 1. The first-order valence-corrected chi connectivity index (χ1v) is 4.61. The zero-order valence-electron chi connectivity index (χ0n) is 7.71. The molecule has 1 N–H and O–H groups in total.